The van der Waals surface area contributed by atoms with Crippen molar-refractivity contribution in [1.29, 1.82) is 0 Å². The SMILES string of the molecule is CCn1nccc1C(=O)N[C@H](c1cn2nc(C[C@]3(C(=O)O)CC4(CC4)CNC3=O)ccc2n1)C1CCC(C)CC1. The third-order valence-electron chi connectivity index (χ3n) is 9.36. The highest BCUT2D eigenvalue weighted by Crippen LogP contribution is 2.55. The molecule has 2 atom stereocenters. The van der Waals surface area contributed by atoms with E-state index in [9.17, 15) is 19.5 Å². The number of hydrogen-bond donors (Lipinski definition) is 3. The van der Waals surface area contributed by atoms with Crippen molar-refractivity contribution >= 4 is 23.4 Å². The van der Waals surface area contributed by atoms with E-state index < -0.39 is 17.3 Å². The monoisotopic (exact) mass is 547 g/mol. The molecule has 2 saturated carbocycles. The molecule has 3 N–H and O–H groups in total. The van der Waals surface area contributed by atoms with Crippen LogP contribution in [0.4, 0.5) is 0 Å². The first kappa shape index (κ1) is 26.5. The van der Waals surface area contributed by atoms with E-state index >= 15 is 0 Å². The molecule has 6 rings (SSSR count). The van der Waals surface area contributed by atoms with E-state index in [1.165, 1.54) is 0 Å². The van der Waals surface area contributed by atoms with Gasteiger partial charge in [-0.25, -0.2) is 9.50 Å². The predicted molar refractivity (Wildman–Crippen MR) is 145 cm³/mol. The maximum absolute atomic E-state index is 13.3. The zero-order valence-corrected chi connectivity index (χ0v) is 23.1. The molecule has 40 heavy (non-hydrogen) atoms. The van der Waals surface area contributed by atoms with E-state index in [1.807, 2.05) is 19.2 Å². The van der Waals surface area contributed by atoms with Crippen molar-refractivity contribution in [2.75, 3.05) is 6.54 Å². The molecular weight excluding hydrogens is 510 g/mol. The first-order valence-electron chi connectivity index (χ1n) is 14.4. The molecule has 4 heterocycles. The van der Waals surface area contributed by atoms with Crippen LogP contribution in [0.1, 0.15) is 86.7 Å². The van der Waals surface area contributed by atoms with Crippen molar-refractivity contribution in [3.63, 3.8) is 0 Å². The Labute approximate surface area is 232 Å². The molecule has 11 heteroatoms. The van der Waals surface area contributed by atoms with Crippen molar-refractivity contribution < 1.29 is 19.5 Å². The fourth-order valence-electron chi connectivity index (χ4n) is 6.68. The molecule has 11 nitrogen and oxygen atoms in total. The largest absolute Gasteiger partial charge is 0.480 e. The standard InChI is InChI=1S/C29H37N7O4/c1-3-35-22(10-13-31-35)25(37)33-24(19-6-4-18(2)5-7-19)21-15-36-23(32-21)9-8-20(34-36)14-29(27(39)40)16-28(11-12-28)17-30-26(29)38/h8-10,13,15,18-19,24H,3-7,11-12,14,16-17H2,1-2H3,(H,30,38)(H,33,37)(H,39,40)/t18?,19?,24-,29-/m0/s1. The third kappa shape index (κ3) is 4.75. The smallest absolute Gasteiger partial charge is 0.319 e. The number of aromatic nitrogens is 5. The Kier molecular flexibility index (Phi) is 6.62. The normalized spacial score (nSPS) is 26.4. The zero-order valence-electron chi connectivity index (χ0n) is 23.1. The summed E-state index contributed by atoms with van der Waals surface area (Å²) < 4.78 is 3.33. The van der Waals surface area contributed by atoms with Gasteiger partial charge in [0.25, 0.3) is 5.91 Å². The lowest BCUT2D eigenvalue weighted by Gasteiger charge is -2.37. The number of nitrogens with one attached hydrogen (secondary N) is 2. The molecule has 2 amide bonds. The molecule has 3 aliphatic rings. The highest BCUT2D eigenvalue weighted by molar-refractivity contribution is 6.03. The molecular formula is C29H37N7O4. The zero-order chi connectivity index (χ0) is 28.1. The number of rotatable bonds is 8. The fourth-order valence-corrected chi connectivity index (χ4v) is 6.68. The van der Waals surface area contributed by atoms with Crippen molar-refractivity contribution in [2.24, 2.45) is 22.7 Å². The second kappa shape index (κ2) is 10.0. The van der Waals surface area contributed by atoms with Crippen molar-refractivity contribution in [3.05, 3.63) is 47.7 Å². The van der Waals surface area contributed by atoms with Crippen LogP contribution in [0.15, 0.2) is 30.6 Å². The van der Waals surface area contributed by atoms with E-state index in [0.717, 1.165) is 44.2 Å². The van der Waals surface area contributed by atoms with Crippen LogP contribution in [0.2, 0.25) is 0 Å². The van der Waals surface area contributed by atoms with Crippen LogP contribution in [-0.2, 0) is 22.6 Å². The van der Waals surface area contributed by atoms with Gasteiger partial charge in [0.2, 0.25) is 5.91 Å². The topological polar surface area (TPSA) is 144 Å². The molecule has 1 spiro atoms. The molecule has 3 aromatic heterocycles. The molecule has 0 bridgehead atoms. The van der Waals surface area contributed by atoms with Gasteiger partial charge in [0.15, 0.2) is 11.1 Å². The Morgan fingerprint density at radius 2 is 1.98 bits per heavy atom. The summed E-state index contributed by atoms with van der Waals surface area (Å²) in [6.07, 6.45) is 9.86. The molecule has 3 aromatic rings. The lowest BCUT2D eigenvalue weighted by Crippen LogP contribution is -2.55. The molecule has 1 aliphatic heterocycles. The Balaban J connectivity index is 1.30. The van der Waals surface area contributed by atoms with E-state index in [1.54, 1.807) is 27.5 Å². The predicted octanol–water partition coefficient (Wildman–Crippen LogP) is 3.16. The summed E-state index contributed by atoms with van der Waals surface area (Å²) in [5, 5.41) is 25.2. The number of fused-ring (bicyclic) bond motifs is 1. The summed E-state index contributed by atoms with van der Waals surface area (Å²) in [5.41, 5.74) is 0.729. The minimum absolute atomic E-state index is 0.0149. The van der Waals surface area contributed by atoms with Gasteiger partial charge in [0.05, 0.1) is 23.6 Å². The van der Waals surface area contributed by atoms with Gasteiger partial charge in [-0.15, -0.1) is 0 Å². The number of piperidine rings is 1. The average molecular weight is 548 g/mol. The molecule has 0 aromatic carbocycles. The van der Waals surface area contributed by atoms with Gasteiger partial charge in [0, 0.05) is 25.7 Å². The van der Waals surface area contributed by atoms with Gasteiger partial charge in [0.1, 0.15) is 5.69 Å². The van der Waals surface area contributed by atoms with Crippen LogP contribution < -0.4 is 10.6 Å². The quantitative estimate of drug-likeness (QED) is 0.368. The minimum Gasteiger partial charge on any atom is -0.480 e. The maximum atomic E-state index is 13.3. The Morgan fingerprint density at radius 1 is 1.20 bits per heavy atom. The number of amides is 2. The van der Waals surface area contributed by atoms with E-state index in [2.05, 4.69) is 22.7 Å². The molecule has 212 valence electrons. The molecule has 0 unspecified atom stereocenters. The lowest BCUT2D eigenvalue weighted by atomic mass is 9.71. The highest BCUT2D eigenvalue weighted by atomic mass is 16.4. The Hall–Kier alpha value is -3.76. The van der Waals surface area contributed by atoms with E-state index in [0.29, 0.717) is 42.5 Å². The van der Waals surface area contributed by atoms with Crippen LogP contribution in [0.25, 0.3) is 5.65 Å². The van der Waals surface area contributed by atoms with Crippen molar-refractivity contribution in [3.8, 4) is 0 Å². The first-order valence-corrected chi connectivity index (χ1v) is 14.4. The van der Waals surface area contributed by atoms with E-state index in [4.69, 9.17) is 10.1 Å². The molecule has 1 saturated heterocycles. The number of carbonyl (C=O) groups excluding carboxylic acids is 2. The van der Waals surface area contributed by atoms with Gasteiger partial charge in [-0.3, -0.25) is 19.1 Å². The molecule has 3 fully saturated rings. The second-order valence-corrected chi connectivity index (χ2v) is 12.2. The van der Waals surface area contributed by atoms with Crippen LogP contribution in [0, 0.1) is 22.7 Å². The highest BCUT2D eigenvalue weighted by Gasteiger charge is 2.59. The summed E-state index contributed by atoms with van der Waals surface area (Å²) in [6, 6.07) is 4.99. The minimum atomic E-state index is -1.53. The fraction of sp³-hybridized carbons (Fsp3) is 0.586. The van der Waals surface area contributed by atoms with Gasteiger partial charge in [-0.1, -0.05) is 19.8 Å². The number of aryl methyl sites for hydroxylation is 1. The summed E-state index contributed by atoms with van der Waals surface area (Å²) in [4.78, 5) is 43.5. The maximum Gasteiger partial charge on any atom is 0.319 e. The van der Waals surface area contributed by atoms with Crippen LogP contribution >= 0.6 is 0 Å². The molecule has 0 radical (unpaired) electrons. The average Bonchev–Trinajstić information content (AvgIpc) is 3.32. The summed E-state index contributed by atoms with van der Waals surface area (Å²) in [6.45, 7) is 5.36. The number of nitrogens with zero attached hydrogens (tertiary/aromatic N) is 5. The lowest BCUT2D eigenvalue weighted by molar-refractivity contribution is -0.160. The molecule has 2 aliphatic carbocycles. The number of hydrogen-bond acceptors (Lipinski definition) is 6. The number of carboxylic acid groups (broad SMARTS) is 1. The number of aliphatic carboxylic acids is 1. The summed E-state index contributed by atoms with van der Waals surface area (Å²) in [7, 11) is 0. The van der Waals surface area contributed by atoms with Crippen LogP contribution in [-0.4, -0.2) is 53.8 Å². The van der Waals surface area contributed by atoms with Crippen LogP contribution in [0.3, 0.4) is 0 Å². The number of carbonyl (C=O) groups is 3. The van der Waals surface area contributed by atoms with Gasteiger partial charge in [-0.05, 0) is 74.5 Å². The van der Waals surface area contributed by atoms with Gasteiger partial charge in [-0.2, -0.15) is 10.2 Å². The summed E-state index contributed by atoms with van der Waals surface area (Å²) in [5.74, 6) is -0.836. The van der Waals surface area contributed by atoms with Crippen molar-refractivity contribution in [2.45, 2.75) is 77.8 Å². The van der Waals surface area contributed by atoms with E-state index in [-0.39, 0.29) is 29.7 Å². The number of imidazole rings is 1. The first-order chi connectivity index (χ1) is 19.2. The third-order valence-corrected chi connectivity index (χ3v) is 9.36. The second-order valence-electron chi connectivity index (χ2n) is 12.2. The van der Waals surface area contributed by atoms with Gasteiger partial charge < -0.3 is 15.7 Å². The van der Waals surface area contributed by atoms with Gasteiger partial charge >= 0.3 is 5.97 Å². The van der Waals surface area contributed by atoms with Crippen LogP contribution in [0.5, 0.6) is 0 Å². The summed E-state index contributed by atoms with van der Waals surface area (Å²) >= 11 is 0. The van der Waals surface area contributed by atoms with Crippen molar-refractivity contribution in [1.82, 2.24) is 35.0 Å². The number of carboxylic acids is 1. The Morgan fingerprint density at radius 3 is 2.67 bits per heavy atom. The Bertz CT molecular complexity index is 1450.